The minimum absolute atomic E-state index is 0.0966. The third kappa shape index (κ3) is 10.8. The summed E-state index contributed by atoms with van der Waals surface area (Å²) in [7, 11) is -4.04. The molecule has 0 fully saturated rings. The summed E-state index contributed by atoms with van der Waals surface area (Å²) in [6.07, 6.45) is 0. The van der Waals surface area contributed by atoms with Gasteiger partial charge in [-0.3, -0.25) is 0 Å². The molecule has 0 bridgehead atoms. The van der Waals surface area contributed by atoms with Crippen molar-refractivity contribution < 1.29 is 27.1 Å². The fourth-order valence-corrected chi connectivity index (χ4v) is 9.09. The van der Waals surface area contributed by atoms with Gasteiger partial charge in [0.2, 0.25) is 0 Å². The van der Waals surface area contributed by atoms with Crippen molar-refractivity contribution in [3.63, 3.8) is 0 Å². The highest BCUT2D eigenvalue weighted by Crippen LogP contribution is 2.55. The molecule has 0 aliphatic carbocycles. The van der Waals surface area contributed by atoms with Crippen molar-refractivity contribution in [2.45, 2.75) is 107 Å². The molecule has 0 heterocycles. The largest absolute Gasteiger partial charge is 0.530 e. The Hall–Kier alpha value is -5.02. The quantitative estimate of drug-likeness (QED) is 0.0853. The van der Waals surface area contributed by atoms with E-state index >= 15 is 0 Å². The lowest BCUT2D eigenvalue weighted by Gasteiger charge is -2.28. The van der Waals surface area contributed by atoms with Gasteiger partial charge in [-0.15, -0.1) is 0 Å². The zero-order valence-electron chi connectivity index (χ0n) is 37.2. The predicted octanol–water partition coefficient (Wildman–Crippen LogP) is 16.6. The van der Waals surface area contributed by atoms with Gasteiger partial charge in [-0.25, -0.2) is 0 Å². The Morgan fingerprint density at radius 3 is 0.833 bits per heavy atom. The molecule has 6 rings (SSSR count). The van der Waals surface area contributed by atoms with Crippen LogP contribution in [0.5, 0.6) is 34.5 Å². The van der Waals surface area contributed by atoms with Crippen molar-refractivity contribution in [2.24, 2.45) is 0 Å². The zero-order valence-corrected chi connectivity index (χ0v) is 39.0. The summed E-state index contributed by atoms with van der Waals surface area (Å²) in [5, 5.41) is 0. The summed E-state index contributed by atoms with van der Waals surface area (Å²) in [6.45, 7) is 25.9. The molecule has 0 aliphatic rings. The molecule has 8 heteroatoms. The molecule has 0 N–H and O–H groups in total. The smallest absolute Gasteiger partial charge is 0.408 e. The van der Waals surface area contributed by atoms with Crippen molar-refractivity contribution in [1.82, 2.24) is 0 Å². The van der Waals surface area contributed by atoms with Crippen LogP contribution in [0.15, 0.2) is 121 Å². The highest BCUT2D eigenvalue weighted by Gasteiger charge is 2.32. The van der Waals surface area contributed by atoms with Crippen LogP contribution in [0, 0.1) is 27.7 Å². The third-order valence-corrected chi connectivity index (χ3v) is 12.6. The van der Waals surface area contributed by atoms with Crippen LogP contribution in [0.3, 0.4) is 0 Å². The van der Waals surface area contributed by atoms with Crippen LogP contribution in [0.4, 0.5) is 0 Å². The van der Waals surface area contributed by atoms with Gasteiger partial charge in [0.05, 0.1) is 0 Å². The monoisotopic (exact) mass is 842 g/mol. The van der Waals surface area contributed by atoms with Gasteiger partial charge in [0, 0.05) is 11.1 Å². The van der Waals surface area contributed by atoms with E-state index in [0.29, 0.717) is 34.5 Å². The topological polar surface area (TPSA) is 55.4 Å². The molecule has 0 aliphatic heterocycles. The summed E-state index contributed by atoms with van der Waals surface area (Å²) in [5.41, 5.74) is 10.2. The molecule has 0 saturated carbocycles. The first-order chi connectivity index (χ1) is 28.7. The Bertz CT molecular complexity index is 2120. The van der Waals surface area contributed by atoms with Crippen molar-refractivity contribution in [2.75, 3.05) is 0 Å². The summed E-state index contributed by atoms with van der Waals surface area (Å²) in [5.74, 6) is 4.83. The highest BCUT2D eigenvalue weighted by atomic mass is 31.2. The zero-order chi connectivity index (χ0) is 43.1. The Morgan fingerprint density at radius 1 is 0.333 bits per heavy atom. The Morgan fingerprint density at radius 2 is 0.600 bits per heavy atom. The van der Waals surface area contributed by atoms with E-state index in [4.69, 9.17) is 27.1 Å². The van der Waals surface area contributed by atoms with Crippen LogP contribution >= 0.6 is 17.2 Å². The molecular weight excluding hydrogens is 783 g/mol. The van der Waals surface area contributed by atoms with Gasteiger partial charge >= 0.3 is 17.2 Å². The second-order valence-electron chi connectivity index (χ2n) is 16.6. The van der Waals surface area contributed by atoms with Crippen molar-refractivity contribution >= 4 is 17.2 Å². The third-order valence-electron chi connectivity index (χ3n) is 10.5. The summed E-state index contributed by atoms with van der Waals surface area (Å²) >= 11 is 0. The van der Waals surface area contributed by atoms with E-state index in [9.17, 15) is 0 Å². The van der Waals surface area contributed by atoms with Crippen LogP contribution in [-0.4, -0.2) is 0 Å². The van der Waals surface area contributed by atoms with Crippen LogP contribution < -0.4 is 27.1 Å². The Labute approximate surface area is 361 Å². The van der Waals surface area contributed by atoms with E-state index in [1.165, 1.54) is 11.1 Å². The fourth-order valence-electron chi connectivity index (χ4n) is 6.69. The minimum Gasteiger partial charge on any atom is -0.408 e. The maximum Gasteiger partial charge on any atom is 0.530 e. The van der Waals surface area contributed by atoms with E-state index in [1.807, 2.05) is 125 Å². The molecule has 6 nitrogen and oxygen atoms in total. The van der Waals surface area contributed by atoms with E-state index in [0.717, 1.165) is 44.5 Å². The number of benzene rings is 6. The van der Waals surface area contributed by atoms with Gasteiger partial charge in [0.1, 0.15) is 34.5 Å². The lowest BCUT2D eigenvalue weighted by molar-refractivity contribution is 0.381. The lowest BCUT2D eigenvalue weighted by Crippen LogP contribution is -2.10. The molecule has 60 heavy (non-hydrogen) atoms. The van der Waals surface area contributed by atoms with E-state index in [2.05, 4.69) is 79.7 Å². The van der Waals surface area contributed by atoms with Gasteiger partial charge in [0.15, 0.2) is 0 Å². The molecule has 0 amide bonds. The van der Waals surface area contributed by atoms with E-state index in [-0.39, 0.29) is 23.7 Å². The van der Waals surface area contributed by atoms with Gasteiger partial charge < -0.3 is 27.1 Å². The van der Waals surface area contributed by atoms with E-state index < -0.39 is 17.2 Å². The molecule has 0 unspecified atom stereocenters. The summed E-state index contributed by atoms with van der Waals surface area (Å²) in [4.78, 5) is 0. The first-order valence-corrected chi connectivity index (χ1v) is 23.2. The maximum atomic E-state index is 7.24. The minimum atomic E-state index is -2.02. The molecule has 6 aromatic rings. The van der Waals surface area contributed by atoms with Crippen molar-refractivity contribution in [1.29, 1.82) is 0 Å². The first kappa shape index (κ1) is 44.5. The number of rotatable bonds is 17. The molecule has 314 valence electrons. The normalized spacial score (nSPS) is 11.6. The van der Waals surface area contributed by atoms with Crippen LogP contribution in [0.25, 0.3) is 11.1 Å². The van der Waals surface area contributed by atoms with Crippen molar-refractivity contribution in [3.8, 4) is 45.6 Å². The van der Waals surface area contributed by atoms with Gasteiger partial charge in [0.25, 0.3) is 0 Å². The summed E-state index contributed by atoms with van der Waals surface area (Å²) < 4.78 is 41.4. The lowest BCUT2D eigenvalue weighted by atomic mass is 9.86. The standard InChI is InChI=1S/C52H60O6P2/c1-33(2)41-29-43(35(5)6)51(57-59(53-47-25-17-13-21-37(47)9)54-48-26-18-14-22-38(48)10)45(31-41)46-32-42(34(3)4)30-44(36(7)8)52(46)58-60(55-49-27-19-15-23-39(49)11)56-50-28-20-16-24-40(50)12/h13-36H,1-12H3. The predicted molar refractivity (Wildman–Crippen MR) is 251 cm³/mol. The van der Waals surface area contributed by atoms with Crippen LogP contribution in [-0.2, 0) is 0 Å². The van der Waals surface area contributed by atoms with Gasteiger partial charge in [-0.2, -0.15) is 0 Å². The Kier molecular flexibility index (Phi) is 14.9. The second kappa shape index (κ2) is 20.0. The summed E-state index contributed by atoms with van der Waals surface area (Å²) in [6, 6.07) is 40.9. The number of hydrogen-bond donors (Lipinski definition) is 0. The maximum absolute atomic E-state index is 7.24. The van der Waals surface area contributed by atoms with Crippen LogP contribution in [0.2, 0.25) is 0 Å². The highest BCUT2D eigenvalue weighted by molar-refractivity contribution is 7.43. The molecule has 0 saturated heterocycles. The molecule has 0 radical (unpaired) electrons. The van der Waals surface area contributed by atoms with Crippen LogP contribution in [0.1, 0.15) is 124 Å². The number of para-hydroxylation sites is 4. The molecular formula is C52H60O6P2. The SMILES string of the molecule is Cc1ccccc1OP(Oc1ccccc1C)Oc1c(-c2cc(C(C)C)cc(C(C)C)c2OP(Oc2ccccc2C)Oc2ccccc2C)cc(C(C)C)cc1C(C)C. The van der Waals surface area contributed by atoms with Gasteiger partial charge in [-0.1, -0.05) is 140 Å². The average Bonchev–Trinajstić information content (AvgIpc) is 3.21. The van der Waals surface area contributed by atoms with Gasteiger partial charge in [-0.05, 0) is 132 Å². The molecule has 0 atom stereocenters. The molecule has 6 aromatic carbocycles. The number of hydrogen-bond acceptors (Lipinski definition) is 6. The molecule has 0 spiro atoms. The first-order valence-electron chi connectivity index (χ1n) is 21.0. The average molecular weight is 843 g/mol. The fraction of sp³-hybridized carbons (Fsp3) is 0.308. The van der Waals surface area contributed by atoms with Crippen molar-refractivity contribution in [3.05, 3.63) is 166 Å². The number of aryl methyl sites for hydroxylation is 4. The van der Waals surface area contributed by atoms with E-state index in [1.54, 1.807) is 0 Å². The second-order valence-corrected chi connectivity index (χ2v) is 18.6. The molecule has 0 aromatic heterocycles. The Balaban J connectivity index is 1.60.